The first-order chi connectivity index (χ1) is 9.63. The van der Waals surface area contributed by atoms with E-state index < -0.39 is 12.0 Å². The molecule has 0 bridgehead atoms. The largest absolute Gasteiger partial charge is 0.480 e. The Morgan fingerprint density at radius 1 is 1.25 bits per heavy atom. The molecule has 0 aromatic heterocycles. The van der Waals surface area contributed by atoms with E-state index in [0.29, 0.717) is 32.7 Å². The predicted octanol–water partition coefficient (Wildman–Crippen LogP) is 1.55. The van der Waals surface area contributed by atoms with Crippen LogP contribution in [-0.2, 0) is 9.53 Å². The molecule has 0 aliphatic carbocycles. The van der Waals surface area contributed by atoms with Crippen LogP contribution in [0.3, 0.4) is 0 Å². The monoisotopic (exact) mass is 284 g/mol. The van der Waals surface area contributed by atoms with Gasteiger partial charge in [-0.2, -0.15) is 0 Å². The topological polar surface area (TPSA) is 70.1 Å². The number of aliphatic carboxylic acids is 1. The molecule has 114 valence electrons. The number of carboxylic acid groups (broad SMARTS) is 1. The molecule has 1 unspecified atom stereocenters. The molecule has 2 saturated heterocycles. The fourth-order valence-electron chi connectivity index (χ4n) is 2.97. The molecular formula is C14H24N2O4. The average molecular weight is 284 g/mol. The van der Waals surface area contributed by atoms with Crippen molar-refractivity contribution in [3.63, 3.8) is 0 Å². The van der Waals surface area contributed by atoms with E-state index in [2.05, 4.69) is 6.92 Å². The minimum absolute atomic E-state index is 0.0959. The molecule has 0 aromatic carbocycles. The minimum atomic E-state index is -0.897. The summed E-state index contributed by atoms with van der Waals surface area (Å²) in [5.74, 6) is -0.897. The zero-order chi connectivity index (χ0) is 14.5. The Bertz CT molecular complexity index is 361. The minimum Gasteiger partial charge on any atom is -0.480 e. The molecule has 6 nitrogen and oxygen atoms in total. The van der Waals surface area contributed by atoms with Gasteiger partial charge in [0.05, 0.1) is 6.10 Å². The summed E-state index contributed by atoms with van der Waals surface area (Å²) >= 11 is 0. The molecule has 2 aliphatic rings. The molecule has 0 radical (unpaired) electrons. The normalized spacial score (nSPS) is 26.9. The van der Waals surface area contributed by atoms with Gasteiger partial charge in [-0.3, -0.25) is 0 Å². The van der Waals surface area contributed by atoms with E-state index in [-0.39, 0.29) is 12.1 Å². The molecule has 1 N–H and O–H groups in total. The predicted molar refractivity (Wildman–Crippen MR) is 73.6 cm³/mol. The summed E-state index contributed by atoms with van der Waals surface area (Å²) in [6.07, 6.45) is 4.30. The highest BCUT2D eigenvalue weighted by Gasteiger charge is 2.37. The highest BCUT2D eigenvalue weighted by atomic mass is 16.5. The average Bonchev–Trinajstić information content (AvgIpc) is 2.94. The standard InChI is InChI=1S/C14H24N2O4/c1-2-9-20-11-5-3-7-15(10-11)14(19)16-8-4-6-12(16)13(17)18/h11-12H,2-10H2,1H3,(H,17,18)/t11?,12-/m1/s1. The number of carbonyl (C=O) groups excluding carboxylic acids is 1. The highest BCUT2D eigenvalue weighted by Crippen LogP contribution is 2.22. The van der Waals surface area contributed by atoms with E-state index in [1.165, 1.54) is 4.90 Å². The molecule has 0 aromatic rings. The Morgan fingerprint density at radius 2 is 2.00 bits per heavy atom. The van der Waals surface area contributed by atoms with Crippen LogP contribution in [0.5, 0.6) is 0 Å². The van der Waals surface area contributed by atoms with Gasteiger partial charge in [-0.1, -0.05) is 6.92 Å². The molecule has 2 heterocycles. The van der Waals surface area contributed by atoms with Gasteiger partial charge >= 0.3 is 12.0 Å². The van der Waals surface area contributed by atoms with Crippen molar-refractivity contribution in [3.8, 4) is 0 Å². The second-order valence-electron chi connectivity index (χ2n) is 5.55. The Balaban J connectivity index is 1.92. The fourth-order valence-corrected chi connectivity index (χ4v) is 2.97. The van der Waals surface area contributed by atoms with Crippen molar-refractivity contribution in [1.82, 2.24) is 9.80 Å². The summed E-state index contributed by atoms with van der Waals surface area (Å²) < 4.78 is 5.72. The summed E-state index contributed by atoms with van der Waals surface area (Å²) in [7, 11) is 0. The third-order valence-electron chi connectivity index (χ3n) is 3.99. The molecule has 2 fully saturated rings. The first-order valence-corrected chi connectivity index (χ1v) is 7.53. The van der Waals surface area contributed by atoms with Crippen LogP contribution in [0.2, 0.25) is 0 Å². The number of urea groups is 1. The van der Waals surface area contributed by atoms with Crippen LogP contribution in [-0.4, -0.2) is 65.3 Å². The quantitative estimate of drug-likeness (QED) is 0.850. The van der Waals surface area contributed by atoms with Crippen molar-refractivity contribution in [2.75, 3.05) is 26.2 Å². The van der Waals surface area contributed by atoms with Crippen LogP contribution < -0.4 is 0 Å². The second kappa shape index (κ2) is 6.92. The van der Waals surface area contributed by atoms with Crippen LogP contribution >= 0.6 is 0 Å². The van der Waals surface area contributed by atoms with E-state index in [9.17, 15) is 9.59 Å². The van der Waals surface area contributed by atoms with Crippen molar-refractivity contribution in [1.29, 1.82) is 0 Å². The zero-order valence-electron chi connectivity index (χ0n) is 12.1. The van der Waals surface area contributed by atoms with Crippen molar-refractivity contribution >= 4 is 12.0 Å². The lowest BCUT2D eigenvalue weighted by Gasteiger charge is -2.36. The Morgan fingerprint density at radius 3 is 2.70 bits per heavy atom. The van der Waals surface area contributed by atoms with E-state index in [1.807, 2.05) is 0 Å². The SMILES string of the molecule is CCCOC1CCCN(C(=O)N2CCC[C@@H]2C(=O)O)C1. The molecule has 20 heavy (non-hydrogen) atoms. The van der Waals surface area contributed by atoms with Crippen molar-refractivity contribution in [3.05, 3.63) is 0 Å². The molecule has 6 heteroatoms. The van der Waals surface area contributed by atoms with Crippen LogP contribution in [0.15, 0.2) is 0 Å². The summed E-state index contributed by atoms with van der Waals surface area (Å²) in [4.78, 5) is 26.9. The Kier molecular flexibility index (Phi) is 5.23. The fraction of sp³-hybridized carbons (Fsp3) is 0.857. The maximum Gasteiger partial charge on any atom is 0.326 e. The molecule has 2 atom stereocenters. The first-order valence-electron chi connectivity index (χ1n) is 7.53. The third-order valence-corrected chi connectivity index (χ3v) is 3.99. The zero-order valence-corrected chi connectivity index (χ0v) is 12.1. The van der Waals surface area contributed by atoms with Gasteiger partial charge in [-0.05, 0) is 32.1 Å². The Labute approximate surface area is 119 Å². The molecular weight excluding hydrogens is 260 g/mol. The van der Waals surface area contributed by atoms with Gasteiger partial charge in [0.1, 0.15) is 6.04 Å². The van der Waals surface area contributed by atoms with Gasteiger partial charge in [-0.25, -0.2) is 9.59 Å². The van der Waals surface area contributed by atoms with Gasteiger partial charge in [0.2, 0.25) is 0 Å². The van der Waals surface area contributed by atoms with Crippen molar-refractivity contribution < 1.29 is 19.4 Å². The number of rotatable bonds is 4. The van der Waals surface area contributed by atoms with Crippen LogP contribution in [0.4, 0.5) is 4.79 Å². The lowest BCUT2D eigenvalue weighted by Crippen LogP contribution is -2.52. The van der Waals surface area contributed by atoms with Gasteiger partial charge in [-0.15, -0.1) is 0 Å². The van der Waals surface area contributed by atoms with Gasteiger partial charge in [0, 0.05) is 26.2 Å². The molecule has 2 aliphatic heterocycles. The number of carboxylic acids is 1. The first kappa shape index (κ1) is 15.1. The number of ether oxygens (including phenoxy) is 1. The number of nitrogens with zero attached hydrogens (tertiary/aromatic N) is 2. The lowest BCUT2D eigenvalue weighted by molar-refractivity contribution is -0.141. The van der Waals surface area contributed by atoms with E-state index in [0.717, 1.165) is 25.7 Å². The van der Waals surface area contributed by atoms with Crippen LogP contribution in [0, 0.1) is 0 Å². The van der Waals surface area contributed by atoms with E-state index in [4.69, 9.17) is 9.84 Å². The number of piperidine rings is 1. The number of amides is 2. The summed E-state index contributed by atoms with van der Waals surface area (Å²) in [6.45, 7) is 4.61. The summed E-state index contributed by atoms with van der Waals surface area (Å²) in [5.41, 5.74) is 0. The molecule has 0 saturated carbocycles. The maximum atomic E-state index is 12.5. The highest BCUT2D eigenvalue weighted by molar-refractivity contribution is 5.83. The van der Waals surface area contributed by atoms with E-state index in [1.54, 1.807) is 4.90 Å². The van der Waals surface area contributed by atoms with Gasteiger partial charge in [0.25, 0.3) is 0 Å². The molecule has 2 rings (SSSR count). The lowest BCUT2D eigenvalue weighted by atomic mass is 10.1. The van der Waals surface area contributed by atoms with Crippen molar-refractivity contribution in [2.45, 2.75) is 51.2 Å². The van der Waals surface area contributed by atoms with Crippen LogP contribution in [0.25, 0.3) is 0 Å². The maximum absolute atomic E-state index is 12.5. The van der Waals surface area contributed by atoms with E-state index >= 15 is 0 Å². The number of likely N-dealkylation sites (tertiary alicyclic amines) is 2. The van der Waals surface area contributed by atoms with Gasteiger partial charge in [0.15, 0.2) is 0 Å². The Hall–Kier alpha value is -1.30. The number of hydrogen-bond acceptors (Lipinski definition) is 3. The number of hydrogen-bond donors (Lipinski definition) is 1. The van der Waals surface area contributed by atoms with Crippen molar-refractivity contribution in [2.24, 2.45) is 0 Å². The molecule has 2 amide bonds. The second-order valence-corrected chi connectivity index (χ2v) is 5.55. The van der Waals surface area contributed by atoms with Gasteiger partial charge < -0.3 is 19.6 Å². The smallest absolute Gasteiger partial charge is 0.326 e. The molecule has 0 spiro atoms. The third kappa shape index (κ3) is 3.42. The van der Waals surface area contributed by atoms with Crippen LogP contribution in [0.1, 0.15) is 39.0 Å². The summed E-state index contributed by atoms with van der Waals surface area (Å²) in [5, 5.41) is 9.16. The summed E-state index contributed by atoms with van der Waals surface area (Å²) in [6, 6.07) is -0.792. The number of carbonyl (C=O) groups is 2.